The van der Waals surface area contributed by atoms with Gasteiger partial charge in [0.15, 0.2) is 11.5 Å². The molecule has 1 aliphatic heterocycles. The number of para-hydroxylation sites is 2. The van der Waals surface area contributed by atoms with Crippen LogP contribution in [0.5, 0.6) is 23.0 Å². The molecule has 1 aromatic heterocycles. The number of hydrogen-bond acceptors (Lipinski definition) is 8. The second-order valence-electron chi connectivity index (χ2n) is 5.87. The number of carbonyl (C=O) groups is 1. The van der Waals surface area contributed by atoms with Crippen molar-refractivity contribution in [3.05, 3.63) is 42.5 Å². The van der Waals surface area contributed by atoms with Crippen molar-refractivity contribution < 1.29 is 28.2 Å². The van der Waals surface area contributed by atoms with Gasteiger partial charge >= 0.3 is 6.01 Å². The predicted octanol–water partition coefficient (Wildman–Crippen LogP) is 2.53. The molecule has 1 aliphatic rings. The van der Waals surface area contributed by atoms with Crippen molar-refractivity contribution >= 4 is 11.9 Å². The highest BCUT2D eigenvalue weighted by Crippen LogP contribution is 2.32. The summed E-state index contributed by atoms with van der Waals surface area (Å²) < 4.78 is 27.2. The monoisotopic (exact) mass is 383 g/mol. The first-order chi connectivity index (χ1) is 13.7. The van der Waals surface area contributed by atoms with Crippen molar-refractivity contribution in [2.24, 2.45) is 0 Å². The summed E-state index contributed by atoms with van der Waals surface area (Å²) in [5.74, 6) is 2.00. The average Bonchev–Trinajstić information content (AvgIpc) is 3.21. The molecule has 0 spiro atoms. The maximum atomic E-state index is 12.4. The lowest BCUT2D eigenvalue weighted by Crippen LogP contribution is -2.40. The van der Waals surface area contributed by atoms with Crippen molar-refractivity contribution in [2.75, 3.05) is 26.1 Å². The summed E-state index contributed by atoms with van der Waals surface area (Å²) in [7, 11) is 3.09. The van der Waals surface area contributed by atoms with Crippen molar-refractivity contribution in [1.82, 2.24) is 10.2 Å². The number of ether oxygens (including phenoxy) is 4. The largest absolute Gasteiger partial charge is 0.497 e. The van der Waals surface area contributed by atoms with Gasteiger partial charge in [0.05, 0.1) is 14.2 Å². The Kier molecular flexibility index (Phi) is 4.71. The van der Waals surface area contributed by atoms with Crippen LogP contribution >= 0.6 is 0 Å². The Morgan fingerprint density at radius 3 is 2.50 bits per heavy atom. The number of amides is 1. The standard InChI is InChI=1S/C19H17N3O6/c1-24-12-7-11(8-13(9-12)25-2)18-21-22-19(28-18)20-17(23)16-10-26-14-5-3-4-6-15(14)27-16/h3-9,16H,10H2,1-2H3,(H,20,22,23)/t16-/m1/s1. The SMILES string of the molecule is COc1cc(OC)cc(-c2nnc(NC(=O)[C@H]3COc4ccccc4O3)o2)c1. The number of benzene rings is 2. The van der Waals surface area contributed by atoms with Gasteiger partial charge in [0.25, 0.3) is 5.91 Å². The zero-order valence-corrected chi connectivity index (χ0v) is 15.2. The fourth-order valence-electron chi connectivity index (χ4n) is 2.66. The molecular formula is C19H17N3O6. The number of aromatic nitrogens is 2. The fourth-order valence-corrected chi connectivity index (χ4v) is 2.66. The molecule has 4 rings (SSSR count). The van der Waals surface area contributed by atoms with E-state index in [1.54, 1.807) is 50.6 Å². The van der Waals surface area contributed by atoms with E-state index >= 15 is 0 Å². The second-order valence-corrected chi connectivity index (χ2v) is 5.87. The van der Waals surface area contributed by atoms with Crippen molar-refractivity contribution in [3.8, 4) is 34.5 Å². The number of nitrogens with zero attached hydrogens (tertiary/aromatic N) is 2. The number of hydrogen-bond donors (Lipinski definition) is 1. The van der Waals surface area contributed by atoms with Crippen LogP contribution < -0.4 is 24.3 Å². The quantitative estimate of drug-likeness (QED) is 0.717. The van der Waals surface area contributed by atoms with Gasteiger partial charge in [-0.05, 0) is 24.3 Å². The van der Waals surface area contributed by atoms with Gasteiger partial charge in [-0.25, -0.2) is 0 Å². The molecule has 3 aromatic rings. The van der Waals surface area contributed by atoms with Crippen LogP contribution in [0.2, 0.25) is 0 Å². The van der Waals surface area contributed by atoms with Gasteiger partial charge in [0.2, 0.25) is 12.0 Å². The molecule has 0 saturated carbocycles. The van der Waals surface area contributed by atoms with E-state index in [1.165, 1.54) is 0 Å². The minimum Gasteiger partial charge on any atom is -0.497 e. The summed E-state index contributed by atoms with van der Waals surface area (Å²) in [6, 6.07) is 12.2. The third kappa shape index (κ3) is 3.54. The normalized spacial score (nSPS) is 15.0. The molecule has 0 radical (unpaired) electrons. The Hall–Kier alpha value is -3.75. The highest BCUT2D eigenvalue weighted by molar-refractivity contribution is 5.93. The first kappa shape index (κ1) is 17.7. The van der Waals surface area contributed by atoms with Crippen molar-refractivity contribution in [2.45, 2.75) is 6.10 Å². The number of anilines is 1. The maximum absolute atomic E-state index is 12.4. The van der Waals surface area contributed by atoms with Gasteiger partial charge in [-0.15, -0.1) is 5.10 Å². The van der Waals surface area contributed by atoms with Crippen LogP contribution in [0, 0.1) is 0 Å². The van der Waals surface area contributed by atoms with Crippen LogP contribution in [-0.4, -0.2) is 43.0 Å². The van der Waals surface area contributed by atoms with E-state index < -0.39 is 12.0 Å². The Labute approximate surface area is 160 Å². The third-order valence-corrected chi connectivity index (χ3v) is 4.05. The molecule has 0 fully saturated rings. The van der Waals surface area contributed by atoms with Crippen molar-refractivity contribution in [1.29, 1.82) is 0 Å². The summed E-state index contributed by atoms with van der Waals surface area (Å²) in [6.07, 6.45) is -0.831. The summed E-state index contributed by atoms with van der Waals surface area (Å²) >= 11 is 0. The number of carbonyl (C=O) groups excluding carboxylic acids is 1. The third-order valence-electron chi connectivity index (χ3n) is 4.05. The zero-order valence-electron chi connectivity index (χ0n) is 15.2. The molecule has 0 unspecified atom stereocenters. The van der Waals surface area contributed by atoms with Gasteiger partial charge in [0.1, 0.15) is 18.1 Å². The summed E-state index contributed by atoms with van der Waals surface area (Å²) in [5, 5.41) is 10.4. The number of nitrogens with one attached hydrogen (secondary N) is 1. The average molecular weight is 383 g/mol. The van der Waals surface area contributed by atoms with E-state index in [0.717, 1.165) is 0 Å². The van der Waals surface area contributed by atoms with Gasteiger partial charge in [-0.3, -0.25) is 10.1 Å². The van der Waals surface area contributed by atoms with Crippen LogP contribution in [-0.2, 0) is 4.79 Å². The van der Waals surface area contributed by atoms with Crippen LogP contribution in [0.25, 0.3) is 11.5 Å². The first-order valence-electron chi connectivity index (χ1n) is 8.42. The summed E-state index contributed by atoms with van der Waals surface area (Å²) in [5.41, 5.74) is 0.593. The molecule has 9 nitrogen and oxygen atoms in total. The number of fused-ring (bicyclic) bond motifs is 1. The predicted molar refractivity (Wildman–Crippen MR) is 97.8 cm³/mol. The first-order valence-corrected chi connectivity index (χ1v) is 8.42. The van der Waals surface area contributed by atoms with Crippen molar-refractivity contribution in [3.63, 3.8) is 0 Å². The highest BCUT2D eigenvalue weighted by Gasteiger charge is 2.28. The maximum Gasteiger partial charge on any atom is 0.322 e. The van der Waals surface area contributed by atoms with E-state index in [4.69, 9.17) is 23.4 Å². The zero-order chi connectivity index (χ0) is 19.5. The highest BCUT2D eigenvalue weighted by atomic mass is 16.6. The molecule has 0 aliphatic carbocycles. The van der Waals surface area contributed by atoms with Gasteiger partial charge in [-0.2, -0.15) is 0 Å². The Balaban J connectivity index is 1.47. The molecule has 1 N–H and O–H groups in total. The fraction of sp³-hybridized carbons (Fsp3) is 0.211. The number of rotatable bonds is 5. The lowest BCUT2D eigenvalue weighted by atomic mass is 10.2. The van der Waals surface area contributed by atoms with Crippen LogP contribution in [0.3, 0.4) is 0 Å². The van der Waals surface area contributed by atoms with E-state index in [1.807, 2.05) is 6.07 Å². The van der Waals surface area contributed by atoms with Crippen LogP contribution in [0.15, 0.2) is 46.9 Å². The Bertz CT molecular complexity index is 981. The molecule has 144 valence electrons. The molecule has 0 bridgehead atoms. The smallest absolute Gasteiger partial charge is 0.322 e. The minimum absolute atomic E-state index is 0.0516. The molecule has 9 heteroatoms. The van der Waals surface area contributed by atoms with Gasteiger partial charge < -0.3 is 23.4 Å². The lowest BCUT2D eigenvalue weighted by molar-refractivity contribution is -0.125. The summed E-state index contributed by atoms with van der Waals surface area (Å²) in [4.78, 5) is 12.4. The number of methoxy groups -OCH3 is 2. The van der Waals surface area contributed by atoms with E-state index in [2.05, 4.69) is 15.5 Å². The van der Waals surface area contributed by atoms with E-state index in [-0.39, 0.29) is 18.5 Å². The molecule has 2 aromatic carbocycles. The topological polar surface area (TPSA) is 105 Å². The second kappa shape index (κ2) is 7.47. The molecule has 28 heavy (non-hydrogen) atoms. The molecule has 1 amide bonds. The van der Waals surface area contributed by atoms with Gasteiger partial charge in [0, 0.05) is 11.6 Å². The van der Waals surface area contributed by atoms with E-state index in [9.17, 15) is 4.79 Å². The lowest BCUT2D eigenvalue weighted by Gasteiger charge is -2.24. The van der Waals surface area contributed by atoms with Gasteiger partial charge in [-0.1, -0.05) is 17.2 Å². The molecule has 0 saturated heterocycles. The minimum atomic E-state index is -0.831. The molecular weight excluding hydrogens is 366 g/mol. The Morgan fingerprint density at radius 1 is 1.07 bits per heavy atom. The Morgan fingerprint density at radius 2 is 1.79 bits per heavy atom. The van der Waals surface area contributed by atoms with Crippen LogP contribution in [0.4, 0.5) is 6.01 Å². The molecule has 2 heterocycles. The molecule has 1 atom stereocenters. The summed E-state index contributed by atoms with van der Waals surface area (Å²) in [6.45, 7) is 0.0803. The van der Waals surface area contributed by atoms with Crippen LogP contribution in [0.1, 0.15) is 0 Å². The van der Waals surface area contributed by atoms with E-state index in [0.29, 0.717) is 28.6 Å².